The number of rotatable bonds is 8. The van der Waals surface area contributed by atoms with Crippen LogP contribution in [-0.2, 0) is 4.74 Å². The Morgan fingerprint density at radius 3 is 2.64 bits per heavy atom. The molecule has 0 aliphatic heterocycles. The van der Waals surface area contributed by atoms with Gasteiger partial charge in [0.25, 0.3) is 0 Å². The van der Waals surface area contributed by atoms with Crippen molar-refractivity contribution in [2.24, 2.45) is 10.4 Å². The maximum Gasteiger partial charge on any atom is 0.191 e. The quantitative estimate of drug-likeness (QED) is 0.263. The van der Waals surface area contributed by atoms with E-state index in [1.807, 2.05) is 13.8 Å². The zero-order chi connectivity index (χ0) is 17.6. The first-order valence-electron chi connectivity index (χ1n) is 8.49. The molecule has 2 N–H and O–H groups in total. The Morgan fingerprint density at radius 1 is 1.36 bits per heavy atom. The molecule has 142 valence electrons. The molecule has 1 aromatic carbocycles. The van der Waals surface area contributed by atoms with Crippen molar-refractivity contribution in [3.8, 4) is 0 Å². The van der Waals surface area contributed by atoms with Crippen molar-refractivity contribution in [3.05, 3.63) is 35.4 Å². The highest BCUT2D eigenvalue weighted by Crippen LogP contribution is 2.48. The Bertz CT molecular complexity index is 579. The molecule has 7 heteroatoms. The molecule has 1 aromatic rings. The molecular formula is C18H28F2IN3O. The van der Waals surface area contributed by atoms with E-state index in [1.165, 1.54) is 25.0 Å². The Morgan fingerprint density at radius 2 is 2.08 bits per heavy atom. The van der Waals surface area contributed by atoms with Crippen LogP contribution < -0.4 is 10.6 Å². The highest BCUT2D eigenvalue weighted by Gasteiger charge is 2.42. The van der Waals surface area contributed by atoms with E-state index in [2.05, 4.69) is 15.6 Å². The first-order chi connectivity index (χ1) is 11.5. The van der Waals surface area contributed by atoms with Gasteiger partial charge in [0.15, 0.2) is 5.96 Å². The number of guanidine groups is 1. The topological polar surface area (TPSA) is 45.6 Å². The van der Waals surface area contributed by atoms with Crippen molar-refractivity contribution in [1.82, 2.24) is 10.6 Å². The fraction of sp³-hybridized carbons (Fsp3) is 0.611. The lowest BCUT2D eigenvalue weighted by Gasteiger charge is -2.21. The van der Waals surface area contributed by atoms with E-state index in [0.29, 0.717) is 11.5 Å². The van der Waals surface area contributed by atoms with E-state index in [1.54, 1.807) is 7.05 Å². The standard InChI is InChI=1S/C18H27F2N3O.HI/c1-4-24-10-9-18(7-8-18)12-22-17(21-3)23-13(2)15-6-5-14(19)11-16(15)20;/h5-6,11,13H,4,7-10,12H2,1-3H3,(H2,21,22,23);1H. The SMILES string of the molecule is CCOCCC1(CNC(=NC)NC(C)c2ccc(F)cc2F)CC1.I. The first kappa shape index (κ1) is 22.1. The summed E-state index contributed by atoms with van der Waals surface area (Å²) < 4.78 is 32.3. The molecule has 1 aliphatic carbocycles. The molecule has 1 atom stereocenters. The van der Waals surface area contributed by atoms with Gasteiger partial charge in [-0.3, -0.25) is 4.99 Å². The number of nitrogens with one attached hydrogen (secondary N) is 2. The number of nitrogens with zero attached hydrogens (tertiary/aromatic N) is 1. The van der Waals surface area contributed by atoms with Gasteiger partial charge in [-0.2, -0.15) is 0 Å². The molecule has 1 fully saturated rings. The minimum atomic E-state index is -0.573. The van der Waals surface area contributed by atoms with Crippen LogP contribution in [0, 0.1) is 17.0 Å². The Kier molecular flexibility index (Phi) is 9.06. The van der Waals surface area contributed by atoms with Gasteiger partial charge in [-0.1, -0.05) is 6.07 Å². The summed E-state index contributed by atoms with van der Waals surface area (Å²) in [5.74, 6) is -0.509. The molecule has 0 amide bonds. The summed E-state index contributed by atoms with van der Waals surface area (Å²) in [6, 6.07) is 3.31. The van der Waals surface area contributed by atoms with Gasteiger partial charge in [0.1, 0.15) is 11.6 Å². The molecule has 0 saturated heterocycles. The molecule has 0 spiro atoms. The third-order valence-corrected chi connectivity index (χ3v) is 4.57. The van der Waals surface area contributed by atoms with Crippen molar-refractivity contribution in [3.63, 3.8) is 0 Å². The number of ether oxygens (including phenoxy) is 1. The second kappa shape index (κ2) is 10.3. The Balaban J connectivity index is 0.00000312. The summed E-state index contributed by atoms with van der Waals surface area (Å²) in [6.07, 6.45) is 3.41. The minimum absolute atomic E-state index is 0. The van der Waals surface area contributed by atoms with E-state index in [4.69, 9.17) is 4.74 Å². The molecule has 2 rings (SSSR count). The van der Waals surface area contributed by atoms with Crippen LogP contribution in [0.2, 0.25) is 0 Å². The molecule has 1 unspecified atom stereocenters. The number of hydrogen-bond donors (Lipinski definition) is 2. The Hall–Kier alpha value is -0.960. The number of hydrogen-bond acceptors (Lipinski definition) is 2. The third kappa shape index (κ3) is 6.69. The maximum atomic E-state index is 13.9. The van der Waals surface area contributed by atoms with E-state index < -0.39 is 11.6 Å². The smallest absolute Gasteiger partial charge is 0.191 e. The van der Waals surface area contributed by atoms with E-state index >= 15 is 0 Å². The zero-order valence-corrected chi connectivity index (χ0v) is 17.4. The van der Waals surface area contributed by atoms with Gasteiger partial charge in [0.05, 0.1) is 6.04 Å². The second-order valence-corrected chi connectivity index (χ2v) is 6.40. The second-order valence-electron chi connectivity index (χ2n) is 6.40. The van der Waals surface area contributed by atoms with Gasteiger partial charge in [-0.05, 0) is 44.6 Å². The predicted molar refractivity (Wildman–Crippen MR) is 107 cm³/mol. The van der Waals surface area contributed by atoms with Crippen LogP contribution in [0.3, 0.4) is 0 Å². The van der Waals surface area contributed by atoms with Gasteiger partial charge >= 0.3 is 0 Å². The number of halogens is 3. The van der Waals surface area contributed by atoms with Crippen LogP contribution in [0.1, 0.15) is 44.7 Å². The van der Waals surface area contributed by atoms with Crippen molar-refractivity contribution < 1.29 is 13.5 Å². The molecule has 4 nitrogen and oxygen atoms in total. The highest BCUT2D eigenvalue weighted by atomic mass is 127. The van der Waals surface area contributed by atoms with Gasteiger partial charge in [0, 0.05) is 38.4 Å². The first-order valence-corrected chi connectivity index (χ1v) is 8.49. The van der Waals surface area contributed by atoms with E-state index in [-0.39, 0.29) is 35.4 Å². The van der Waals surface area contributed by atoms with Crippen molar-refractivity contribution in [2.45, 2.75) is 39.2 Å². The van der Waals surface area contributed by atoms with Gasteiger partial charge in [0.2, 0.25) is 0 Å². The normalized spacial score (nSPS) is 16.8. The predicted octanol–water partition coefficient (Wildman–Crippen LogP) is 4.02. The molecule has 0 radical (unpaired) electrons. The lowest BCUT2D eigenvalue weighted by Crippen LogP contribution is -2.41. The lowest BCUT2D eigenvalue weighted by molar-refractivity contribution is 0.128. The average Bonchev–Trinajstić information content (AvgIpc) is 3.31. The summed E-state index contributed by atoms with van der Waals surface area (Å²) in [6.45, 7) is 6.16. The maximum absolute atomic E-state index is 13.9. The van der Waals surface area contributed by atoms with Crippen LogP contribution in [0.25, 0.3) is 0 Å². The van der Waals surface area contributed by atoms with Gasteiger partial charge in [-0.25, -0.2) is 8.78 Å². The highest BCUT2D eigenvalue weighted by molar-refractivity contribution is 14.0. The number of benzene rings is 1. The molecule has 25 heavy (non-hydrogen) atoms. The van der Waals surface area contributed by atoms with Crippen LogP contribution in [0.4, 0.5) is 8.78 Å². The number of aliphatic imine (C=N–C) groups is 1. The summed E-state index contributed by atoms with van der Waals surface area (Å²) in [5, 5.41) is 6.47. The summed E-state index contributed by atoms with van der Waals surface area (Å²) in [7, 11) is 1.68. The van der Waals surface area contributed by atoms with E-state index in [9.17, 15) is 8.78 Å². The van der Waals surface area contributed by atoms with Crippen molar-refractivity contribution in [1.29, 1.82) is 0 Å². The largest absolute Gasteiger partial charge is 0.382 e. The average molecular weight is 467 g/mol. The monoisotopic (exact) mass is 467 g/mol. The summed E-state index contributed by atoms with van der Waals surface area (Å²) in [4.78, 5) is 4.19. The van der Waals surface area contributed by atoms with Gasteiger partial charge in [-0.15, -0.1) is 24.0 Å². The summed E-state index contributed by atoms with van der Waals surface area (Å²) >= 11 is 0. The lowest BCUT2D eigenvalue weighted by atomic mass is 10.0. The fourth-order valence-electron chi connectivity index (χ4n) is 2.73. The molecule has 1 aliphatic rings. The van der Waals surface area contributed by atoms with Gasteiger partial charge < -0.3 is 15.4 Å². The fourth-order valence-corrected chi connectivity index (χ4v) is 2.73. The molecule has 0 bridgehead atoms. The van der Waals surface area contributed by atoms with Crippen LogP contribution in [-0.4, -0.2) is 32.8 Å². The molecular weight excluding hydrogens is 439 g/mol. The molecule has 1 saturated carbocycles. The summed E-state index contributed by atoms with van der Waals surface area (Å²) in [5.41, 5.74) is 0.703. The molecule has 0 aromatic heterocycles. The molecule has 0 heterocycles. The van der Waals surface area contributed by atoms with Crippen LogP contribution in [0.15, 0.2) is 23.2 Å². The van der Waals surface area contributed by atoms with Crippen LogP contribution in [0.5, 0.6) is 0 Å². The van der Waals surface area contributed by atoms with E-state index in [0.717, 1.165) is 32.2 Å². The zero-order valence-electron chi connectivity index (χ0n) is 15.1. The Labute approximate surface area is 165 Å². The van der Waals surface area contributed by atoms with Crippen molar-refractivity contribution >= 4 is 29.9 Å². The minimum Gasteiger partial charge on any atom is -0.382 e. The van der Waals surface area contributed by atoms with Crippen molar-refractivity contribution in [2.75, 3.05) is 26.8 Å². The third-order valence-electron chi connectivity index (χ3n) is 4.57. The van der Waals surface area contributed by atoms with Crippen LogP contribution >= 0.6 is 24.0 Å².